The maximum atomic E-state index is 13.0. The Morgan fingerprint density at radius 3 is 2.59 bits per heavy atom. The number of benzene rings is 1. The molecule has 2 aliphatic heterocycles. The van der Waals surface area contributed by atoms with E-state index in [0.29, 0.717) is 43.7 Å². The van der Waals surface area contributed by atoms with Crippen LogP contribution >= 0.6 is 0 Å². The van der Waals surface area contributed by atoms with Crippen LogP contribution in [-0.2, 0) is 25.2 Å². The second-order valence-corrected chi connectivity index (χ2v) is 9.54. The van der Waals surface area contributed by atoms with Crippen LogP contribution in [0.4, 0.5) is 0 Å². The number of carbonyl (C=O) groups is 1. The summed E-state index contributed by atoms with van der Waals surface area (Å²) in [5, 5.41) is 2.55. The summed E-state index contributed by atoms with van der Waals surface area (Å²) in [6, 6.07) is 6.68. The number of nitrogens with zero attached hydrogens (tertiary/aromatic N) is 1. The van der Waals surface area contributed by atoms with Crippen LogP contribution in [-0.4, -0.2) is 63.2 Å². The molecular formula is C19H28N2O5S. The van der Waals surface area contributed by atoms with Crippen molar-refractivity contribution in [3.8, 4) is 0 Å². The van der Waals surface area contributed by atoms with Crippen LogP contribution in [0.3, 0.4) is 0 Å². The van der Waals surface area contributed by atoms with Crippen LogP contribution < -0.4 is 5.32 Å². The largest absolute Gasteiger partial charge is 0.378 e. The molecule has 0 saturated carbocycles. The van der Waals surface area contributed by atoms with Gasteiger partial charge in [0.25, 0.3) is 5.91 Å². The quantitative estimate of drug-likeness (QED) is 0.834. The van der Waals surface area contributed by atoms with Crippen LogP contribution in [0.15, 0.2) is 24.3 Å². The third-order valence-electron chi connectivity index (χ3n) is 5.18. The third-order valence-corrected chi connectivity index (χ3v) is 6.94. The maximum absolute atomic E-state index is 13.0. The van der Waals surface area contributed by atoms with E-state index in [4.69, 9.17) is 9.47 Å². The third kappa shape index (κ3) is 4.68. The van der Waals surface area contributed by atoms with Gasteiger partial charge >= 0.3 is 0 Å². The van der Waals surface area contributed by atoms with Gasteiger partial charge in [0.15, 0.2) is 0 Å². The Balaban J connectivity index is 1.74. The molecule has 2 heterocycles. The summed E-state index contributed by atoms with van der Waals surface area (Å²) < 4.78 is 39.4. The molecular weight excluding hydrogens is 368 g/mol. The minimum absolute atomic E-state index is 0.0610. The Kier molecular flexibility index (Phi) is 5.90. The fourth-order valence-electron chi connectivity index (χ4n) is 3.97. The van der Waals surface area contributed by atoms with Gasteiger partial charge in [0.05, 0.1) is 23.6 Å². The van der Waals surface area contributed by atoms with E-state index in [1.54, 1.807) is 35.6 Å². The van der Waals surface area contributed by atoms with Crippen LogP contribution in [0, 0.1) is 0 Å². The number of ether oxygens (including phenoxy) is 2. The lowest BCUT2D eigenvalue weighted by Crippen LogP contribution is -2.59. The van der Waals surface area contributed by atoms with Gasteiger partial charge in [-0.25, -0.2) is 8.42 Å². The molecule has 1 aromatic rings. The Bertz CT molecular complexity index is 776. The van der Waals surface area contributed by atoms with Crippen molar-refractivity contribution in [2.24, 2.45) is 0 Å². The second-order valence-electron chi connectivity index (χ2n) is 7.57. The molecule has 1 N–H and O–H groups in total. The molecule has 27 heavy (non-hydrogen) atoms. The molecule has 2 aliphatic rings. The Hall–Kier alpha value is -1.48. The van der Waals surface area contributed by atoms with Crippen molar-refractivity contribution in [2.75, 3.05) is 26.7 Å². The van der Waals surface area contributed by atoms with Gasteiger partial charge in [-0.2, -0.15) is 4.31 Å². The molecule has 0 radical (unpaired) electrons. The van der Waals surface area contributed by atoms with Gasteiger partial charge in [0, 0.05) is 45.1 Å². The Morgan fingerprint density at radius 1 is 1.26 bits per heavy atom. The number of hydrogen-bond donors (Lipinski definition) is 1. The zero-order chi connectivity index (χ0) is 19.7. The molecule has 1 spiro atoms. The summed E-state index contributed by atoms with van der Waals surface area (Å²) in [6.45, 7) is 5.22. The molecule has 2 saturated heterocycles. The van der Waals surface area contributed by atoms with Gasteiger partial charge in [-0.1, -0.05) is 12.1 Å². The summed E-state index contributed by atoms with van der Waals surface area (Å²) >= 11 is 0. The van der Waals surface area contributed by atoms with Crippen molar-refractivity contribution in [3.05, 3.63) is 35.4 Å². The molecule has 1 amide bonds. The molecule has 0 aliphatic carbocycles. The number of carbonyl (C=O) groups excluding carboxylic acids is 1. The minimum atomic E-state index is -3.49. The van der Waals surface area contributed by atoms with E-state index < -0.39 is 15.6 Å². The molecule has 3 atom stereocenters. The smallest absolute Gasteiger partial charge is 0.251 e. The highest BCUT2D eigenvalue weighted by atomic mass is 32.2. The van der Waals surface area contributed by atoms with Crippen LogP contribution in [0.1, 0.15) is 42.6 Å². The topological polar surface area (TPSA) is 84.9 Å². The van der Waals surface area contributed by atoms with E-state index in [9.17, 15) is 13.2 Å². The summed E-state index contributed by atoms with van der Waals surface area (Å²) in [5.41, 5.74) is 0.704. The normalized spacial score (nSPS) is 29.6. The SMILES string of the molecule is CNC(=O)c1ccc(CS(=O)(=O)N2CC(C)OC3(CCOC(C)C3)C2)cc1. The van der Waals surface area contributed by atoms with Gasteiger partial charge in [0.1, 0.15) is 0 Å². The van der Waals surface area contributed by atoms with Gasteiger partial charge in [-0.3, -0.25) is 4.79 Å². The average molecular weight is 397 g/mol. The molecule has 3 rings (SSSR count). The summed E-state index contributed by atoms with van der Waals surface area (Å²) in [4.78, 5) is 11.6. The van der Waals surface area contributed by atoms with Crippen molar-refractivity contribution in [2.45, 2.75) is 50.3 Å². The lowest BCUT2D eigenvalue weighted by atomic mass is 9.89. The monoisotopic (exact) mass is 396 g/mol. The predicted octanol–water partition coefficient (Wildman–Crippen LogP) is 1.53. The van der Waals surface area contributed by atoms with E-state index in [1.165, 1.54) is 0 Å². The number of nitrogens with one attached hydrogen (secondary N) is 1. The van der Waals surface area contributed by atoms with Crippen molar-refractivity contribution in [3.63, 3.8) is 0 Å². The molecule has 1 aromatic carbocycles. The maximum Gasteiger partial charge on any atom is 0.251 e. The number of rotatable bonds is 4. The van der Waals surface area contributed by atoms with Crippen molar-refractivity contribution >= 4 is 15.9 Å². The molecule has 0 aromatic heterocycles. The van der Waals surface area contributed by atoms with Crippen LogP contribution in [0.5, 0.6) is 0 Å². The van der Waals surface area contributed by atoms with E-state index in [-0.39, 0.29) is 23.9 Å². The average Bonchev–Trinajstić information content (AvgIpc) is 2.60. The van der Waals surface area contributed by atoms with Crippen molar-refractivity contribution in [1.29, 1.82) is 0 Å². The highest BCUT2D eigenvalue weighted by molar-refractivity contribution is 7.88. The Labute approximate surface area is 161 Å². The predicted molar refractivity (Wildman–Crippen MR) is 102 cm³/mol. The van der Waals surface area contributed by atoms with E-state index in [2.05, 4.69) is 5.32 Å². The molecule has 2 fully saturated rings. The minimum Gasteiger partial charge on any atom is -0.378 e. The summed E-state index contributed by atoms with van der Waals surface area (Å²) in [5.74, 6) is -0.280. The van der Waals surface area contributed by atoms with Gasteiger partial charge in [-0.15, -0.1) is 0 Å². The lowest BCUT2D eigenvalue weighted by Gasteiger charge is -2.48. The number of sulfonamides is 1. The molecule has 7 nitrogen and oxygen atoms in total. The highest BCUT2D eigenvalue weighted by Gasteiger charge is 2.45. The molecule has 0 bridgehead atoms. The summed E-state index contributed by atoms with van der Waals surface area (Å²) in [6.07, 6.45) is 1.30. The number of amides is 1. The van der Waals surface area contributed by atoms with Crippen molar-refractivity contribution < 1.29 is 22.7 Å². The number of morpholine rings is 1. The molecule has 150 valence electrons. The zero-order valence-electron chi connectivity index (χ0n) is 16.1. The van der Waals surface area contributed by atoms with Gasteiger partial charge < -0.3 is 14.8 Å². The van der Waals surface area contributed by atoms with Crippen LogP contribution in [0.2, 0.25) is 0 Å². The van der Waals surface area contributed by atoms with Crippen LogP contribution in [0.25, 0.3) is 0 Å². The standard InChI is InChI=1S/C19H28N2O5S/c1-14-10-19(8-9-25-14)13-21(11-15(2)26-19)27(23,24)12-16-4-6-17(7-5-16)18(22)20-3/h4-7,14-15H,8-13H2,1-3H3,(H,20,22). The van der Waals surface area contributed by atoms with Gasteiger partial charge in [-0.05, 0) is 31.5 Å². The Morgan fingerprint density at radius 2 is 1.96 bits per heavy atom. The van der Waals surface area contributed by atoms with Crippen molar-refractivity contribution in [1.82, 2.24) is 9.62 Å². The number of hydrogen-bond acceptors (Lipinski definition) is 5. The lowest BCUT2D eigenvalue weighted by molar-refractivity contribution is -0.184. The first-order chi connectivity index (χ1) is 12.7. The molecule has 8 heteroatoms. The van der Waals surface area contributed by atoms with E-state index in [0.717, 1.165) is 0 Å². The van der Waals surface area contributed by atoms with E-state index >= 15 is 0 Å². The zero-order valence-corrected chi connectivity index (χ0v) is 16.9. The first-order valence-corrected chi connectivity index (χ1v) is 10.9. The van der Waals surface area contributed by atoms with Gasteiger partial charge in [0.2, 0.25) is 10.0 Å². The first kappa shape index (κ1) is 20.3. The summed E-state index contributed by atoms with van der Waals surface area (Å²) in [7, 11) is -1.93. The highest BCUT2D eigenvalue weighted by Crippen LogP contribution is 2.35. The molecule has 3 unspecified atom stereocenters. The first-order valence-electron chi connectivity index (χ1n) is 9.31. The second kappa shape index (κ2) is 7.87. The fourth-order valence-corrected chi connectivity index (χ4v) is 5.63. The van der Waals surface area contributed by atoms with E-state index in [1.807, 2.05) is 13.8 Å². The fraction of sp³-hybridized carbons (Fsp3) is 0.632.